The maximum atomic E-state index is 13.4. The second-order valence-electron chi connectivity index (χ2n) is 9.86. The van der Waals surface area contributed by atoms with Crippen LogP contribution in [0.5, 0.6) is 5.75 Å². The quantitative estimate of drug-likeness (QED) is 0.357. The number of urea groups is 1. The molecule has 1 N–H and O–H groups in total. The van der Waals surface area contributed by atoms with Crippen molar-refractivity contribution in [1.29, 1.82) is 0 Å². The summed E-state index contributed by atoms with van der Waals surface area (Å²) in [5.74, 6) is 1.37. The minimum absolute atomic E-state index is 0.0949. The Morgan fingerprint density at radius 3 is 2.65 bits per heavy atom. The van der Waals surface area contributed by atoms with Crippen LogP contribution in [-0.4, -0.2) is 53.2 Å². The van der Waals surface area contributed by atoms with Gasteiger partial charge < -0.3 is 19.9 Å². The Labute approximate surface area is 219 Å². The van der Waals surface area contributed by atoms with Gasteiger partial charge in [-0.15, -0.1) is 11.3 Å². The first-order valence-corrected chi connectivity index (χ1v) is 13.0. The second-order valence-corrected chi connectivity index (χ2v) is 10.9. The fourth-order valence-electron chi connectivity index (χ4n) is 4.79. The molecule has 2 aromatic carbocycles. The average molecular weight is 520 g/mol. The van der Waals surface area contributed by atoms with Crippen molar-refractivity contribution in [2.75, 3.05) is 31.6 Å². The van der Waals surface area contributed by atoms with Crippen molar-refractivity contribution in [3.63, 3.8) is 0 Å². The van der Waals surface area contributed by atoms with E-state index in [4.69, 9.17) is 4.74 Å². The molecule has 1 aliphatic rings. The highest BCUT2D eigenvalue weighted by Crippen LogP contribution is 2.38. The second kappa shape index (κ2) is 9.97. The Kier molecular flexibility index (Phi) is 6.72. The lowest BCUT2D eigenvalue weighted by molar-refractivity contribution is 0.121. The van der Waals surface area contributed by atoms with E-state index in [1.165, 1.54) is 12.1 Å². The van der Waals surface area contributed by atoms with Crippen molar-refractivity contribution in [2.24, 2.45) is 0 Å². The zero-order valence-corrected chi connectivity index (χ0v) is 22.2. The van der Waals surface area contributed by atoms with Crippen LogP contribution in [0.3, 0.4) is 0 Å². The highest BCUT2D eigenvalue weighted by atomic mass is 32.1. The summed E-state index contributed by atoms with van der Waals surface area (Å²) in [6.45, 7) is 7.97. The molecule has 0 bridgehead atoms. The summed E-state index contributed by atoms with van der Waals surface area (Å²) in [5, 5.41) is 3.15. The van der Waals surface area contributed by atoms with E-state index in [0.717, 1.165) is 37.8 Å². The number of thiophene rings is 1. The van der Waals surface area contributed by atoms with Gasteiger partial charge in [-0.05, 0) is 62.2 Å². The summed E-state index contributed by atoms with van der Waals surface area (Å²) < 4.78 is 19.7. The van der Waals surface area contributed by atoms with Crippen molar-refractivity contribution < 1.29 is 13.9 Å². The van der Waals surface area contributed by atoms with Gasteiger partial charge in [0.2, 0.25) is 0 Å². The largest absolute Gasteiger partial charge is 0.497 e. The molecule has 2 amide bonds. The Balaban J connectivity index is 1.33. The molecule has 5 rings (SSSR count). The average Bonchev–Trinajstić information content (AvgIpc) is 3.33. The fourth-order valence-corrected chi connectivity index (χ4v) is 5.93. The SMILES string of the molecule is COc1cccc(C(C)NC(=O)N2CCN(c3ncnc4cc(-c5ccc(F)cc5)sc34)CC2(C)C)c1. The number of methoxy groups -OCH3 is 1. The van der Waals surface area contributed by atoms with Gasteiger partial charge in [-0.3, -0.25) is 0 Å². The van der Waals surface area contributed by atoms with Crippen LogP contribution in [0.2, 0.25) is 0 Å². The fraction of sp³-hybridized carbons (Fsp3) is 0.321. The molecule has 1 atom stereocenters. The first kappa shape index (κ1) is 25.0. The smallest absolute Gasteiger partial charge is 0.318 e. The Morgan fingerprint density at radius 2 is 1.92 bits per heavy atom. The van der Waals surface area contributed by atoms with Gasteiger partial charge in [-0.2, -0.15) is 0 Å². The molecule has 4 aromatic rings. The number of halogens is 1. The number of benzene rings is 2. The van der Waals surface area contributed by atoms with Gasteiger partial charge in [0.05, 0.1) is 28.9 Å². The number of nitrogens with one attached hydrogen (secondary N) is 1. The molecule has 7 nitrogen and oxygen atoms in total. The topological polar surface area (TPSA) is 70.6 Å². The maximum absolute atomic E-state index is 13.4. The van der Waals surface area contributed by atoms with E-state index in [0.29, 0.717) is 19.6 Å². The summed E-state index contributed by atoms with van der Waals surface area (Å²) in [4.78, 5) is 27.5. The summed E-state index contributed by atoms with van der Waals surface area (Å²) >= 11 is 1.60. The molecule has 0 aliphatic carbocycles. The van der Waals surface area contributed by atoms with Crippen LogP contribution in [0.4, 0.5) is 15.0 Å². The molecule has 3 heterocycles. The minimum atomic E-state index is -0.426. The number of hydrogen-bond donors (Lipinski definition) is 1. The van der Waals surface area contributed by atoms with Crippen LogP contribution in [0.15, 0.2) is 60.9 Å². The van der Waals surface area contributed by atoms with Crippen LogP contribution in [-0.2, 0) is 0 Å². The predicted octanol–water partition coefficient (Wildman–Crippen LogP) is 5.88. The number of anilines is 1. The highest BCUT2D eigenvalue weighted by molar-refractivity contribution is 7.22. The number of hydrogen-bond acceptors (Lipinski definition) is 6. The lowest BCUT2D eigenvalue weighted by Crippen LogP contribution is -2.63. The lowest BCUT2D eigenvalue weighted by Gasteiger charge is -2.47. The van der Waals surface area contributed by atoms with E-state index >= 15 is 0 Å². The van der Waals surface area contributed by atoms with Crippen molar-refractivity contribution in [3.05, 3.63) is 72.3 Å². The van der Waals surface area contributed by atoms with Crippen LogP contribution in [0.1, 0.15) is 32.4 Å². The molecule has 192 valence electrons. The van der Waals surface area contributed by atoms with E-state index in [1.54, 1.807) is 36.9 Å². The molecule has 1 fully saturated rings. The summed E-state index contributed by atoms with van der Waals surface area (Å²) in [5.41, 5.74) is 2.37. The number of piperazine rings is 1. The molecule has 9 heteroatoms. The van der Waals surface area contributed by atoms with Crippen molar-refractivity contribution in [3.8, 4) is 16.2 Å². The predicted molar refractivity (Wildman–Crippen MR) is 146 cm³/mol. The first-order valence-electron chi connectivity index (χ1n) is 12.2. The van der Waals surface area contributed by atoms with Gasteiger partial charge >= 0.3 is 6.03 Å². The molecule has 2 aromatic heterocycles. The number of amides is 2. The van der Waals surface area contributed by atoms with Gasteiger partial charge in [-0.1, -0.05) is 24.3 Å². The summed E-state index contributed by atoms with van der Waals surface area (Å²) in [6, 6.07) is 16.0. The van der Waals surface area contributed by atoms with Gasteiger partial charge in [0, 0.05) is 24.5 Å². The Hall–Kier alpha value is -3.72. The first-order chi connectivity index (χ1) is 17.7. The third-order valence-electron chi connectivity index (χ3n) is 6.80. The van der Waals surface area contributed by atoms with Crippen LogP contribution in [0.25, 0.3) is 20.7 Å². The number of aromatic nitrogens is 2. The van der Waals surface area contributed by atoms with Gasteiger partial charge in [0.15, 0.2) is 0 Å². The molecule has 37 heavy (non-hydrogen) atoms. The number of rotatable bonds is 5. The number of carbonyl (C=O) groups is 1. The number of fused-ring (bicyclic) bond motifs is 1. The van der Waals surface area contributed by atoms with E-state index in [-0.39, 0.29) is 17.9 Å². The lowest BCUT2D eigenvalue weighted by atomic mass is 9.99. The zero-order chi connectivity index (χ0) is 26.2. The summed E-state index contributed by atoms with van der Waals surface area (Å²) in [6.07, 6.45) is 1.58. The monoisotopic (exact) mass is 519 g/mol. The molecular formula is C28H30FN5O2S. The van der Waals surface area contributed by atoms with Crippen LogP contribution in [0, 0.1) is 5.82 Å². The summed E-state index contributed by atoms with van der Waals surface area (Å²) in [7, 11) is 1.63. The third-order valence-corrected chi connectivity index (χ3v) is 7.97. The van der Waals surface area contributed by atoms with Gasteiger partial charge in [-0.25, -0.2) is 19.2 Å². The number of ether oxygens (including phenoxy) is 1. The molecule has 1 aliphatic heterocycles. The molecule has 0 saturated carbocycles. The standard InChI is InChI=1S/C28H30FN5O2S/c1-18(20-6-5-7-22(14-20)36-4)32-27(35)34-13-12-33(16-28(34,2)3)26-25-23(30-17-31-26)15-24(37-25)19-8-10-21(29)11-9-19/h5-11,14-15,17-18H,12-13,16H2,1-4H3,(H,32,35). The maximum Gasteiger partial charge on any atom is 0.318 e. The molecular weight excluding hydrogens is 489 g/mol. The van der Waals surface area contributed by atoms with Gasteiger partial charge in [0.25, 0.3) is 0 Å². The molecule has 0 radical (unpaired) electrons. The Bertz CT molecular complexity index is 1420. The van der Waals surface area contributed by atoms with Crippen molar-refractivity contribution in [2.45, 2.75) is 32.4 Å². The van der Waals surface area contributed by atoms with E-state index < -0.39 is 5.54 Å². The van der Waals surface area contributed by atoms with E-state index in [1.807, 2.05) is 42.2 Å². The number of nitrogens with zero attached hydrogens (tertiary/aromatic N) is 4. The van der Waals surface area contributed by atoms with E-state index in [2.05, 4.69) is 34.0 Å². The van der Waals surface area contributed by atoms with Gasteiger partial charge in [0.1, 0.15) is 23.7 Å². The molecule has 1 unspecified atom stereocenters. The normalized spacial score (nSPS) is 16.0. The van der Waals surface area contributed by atoms with E-state index in [9.17, 15) is 9.18 Å². The molecule has 0 spiro atoms. The van der Waals surface area contributed by atoms with Crippen LogP contribution < -0.4 is 15.0 Å². The zero-order valence-electron chi connectivity index (χ0n) is 21.4. The Morgan fingerprint density at radius 1 is 1.14 bits per heavy atom. The van der Waals surface area contributed by atoms with Crippen molar-refractivity contribution in [1.82, 2.24) is 20.2 Å². The van der Waals surface area contributed by atoms with Crippen LogP contribution >= 0.6 is 11.3 Å². The third kappa shape index (κ3) is 5.09. The highest BCUT2D eigenvalue weighted by Gasteiger charge is 2.38. The minimum Gasteiger partial charge on any atom is -0.497 e. The van der Waals surface area contributed by atoms with Crippen molar-refractivity contribution >= 4 is 33.4 Å². The molecule has 1 saturated heterocycles. The number of carbonyl (C=O) groups excluding carboxylic acids is 1.